The molecule has 0 saturated heterocycles. The summed E-state index contributed by atoms with van der Waals surface area (Å²) in [5.74, 6) is 1.76. The maximum absolute atomic E-state index is 3.39. The van der Waals surface area contributed by atoms with E-state index in [1.165, 1.54) is 41.3 Å². The lowest BCUT2D eigenvalue weighted by Gasteiger charge is -2.27. The molecule has 1 saturated carbocycles. The number of rotatable bonds is 3. The summed E-state index contributed by atoms with van der Waals surface area (Å²) in [6.45, 7) is 1.06. The quantitative estimate of drug-likeness (QED) is 0.828. The molecule has 2 aliphatic rings. The van der Waals surface area contributed by atoms with Crippen molar-refractivity contribution < 1.29 is 0 Å². The third kappa shape index (κ3) is 2.54. The first-order valence-corrected chi connectivity index (χ1v) is 8.58. The number of fused-ring (bicyclic) bond motifs is 3. The third-order valence-electron chi connectivity index (χ3n) is 5.02. The van der Waals surface area contributed by atoms with Crippen LogP contribution >= 0.6 is 23.7 Å². The summed E-state index contributed by atoms with van der Waals surface area (Å²) < 4.78 is 1.49. The van der Waals surface area contributed by atoms with Crippen molar-refractivity contribution in [3.05, 3.63) is 40.8 Å². The molecule has 1 aromatic heterocycles. The highest BCUT2D eigenvalue weighted by Gasteiger charge is 2.35. The van der Waals surface area contributed by atoms with Gasteiger partial charge in [-0.15, -0.1) is 23.7 Å². The molecule has 0 aliphatic heterocycles. The van der Waals surface area contributed by atoms with E-state index in [1.807, 2.05) is 11.3 Å². The van der Waals surface area contributed by atoms with Gasteiger partial charge in [-0.3, -0.25) is 0 Å². The van der Waals surface area contributed by atoms with E-state index in [0.29, 0.717) is 0 Å². The molecule has 2 unspecified atom stereocenters. The molecule has 2 aromatic rings. The van der Waals surface area contributed by atoms with E-state index in [2.05, 4.69) is 42.0 Å². The molecule has 112 valence electrons. The van der Waals surface area contributed by atoms with Gasteiger partial charge in [-0.25, -0.2) is 0 Å². The molecule has 0 amide bonds. The van der Waals surface area contributed by atoms with Gasteiger partial charge in [-0.2, -0.15) is 0 Å². The molecule has 1 N–H and O–H groups in total. The monoisotopic (exact) mass is 319 g/mol. The average molecular weight is 320 g/mol. The van der Waals surface area contributed by atoms with Gasteiger partial charge < -0.3 is 5.32 Å². The van der Waals surface area contributed by atoms with E-state index >= 15 is 0 Å². The molecule has 2 atom stereocenters. The van der Waals surface area contributed by atoms with Gasteiger partial charge in [0.15, 0.2) is 0 Å². The molecule has 0 spiro atoms. The topological polar surface area (TPSA) is 12.0 Å². The van der Waals surface area contributed by atoms with E-state index in [4.69, 9.17) is 0 Å². The van der Waals surface area contributed by atoms with Crippen molar-refractivity contribution in [2.75, 3.05) is 13.6 Å². The fraction of sp³-hybridized carbons (Fsp3) is 0.444. The van der Waals surface area contributed by atoms with E-state index in [-0.39, 0.29) is 12.4 Å². The highest BCUT2D eigenvalue weighted by Crippen LogP contribution is 2.50. The molecule has 1 heterocycles. The van der Waals surface area contributed by atoms with E-state index in [1.54, 1.807) is 11.1 Å². The second kappa shape index (κ2) is 6.12. The maximum atomic E-state index is 3.39. The van der Waals surface area contributed by atoms with Crippen LogP contribution in [0.2, 0.25) is 0 Å². The molecule has 0 radical (unpaired) electrons. The molecule has 21 heavy (non-hydrogen) atoms. The van der Waals surface area contributed by atoms with Gasteiger partial charge in [-0.05, 0) is 72.5 Å². The lowest BCUT2D eigenvalue weighted by Crippen LogP contribution is -2.19. The van der Waals surface area contributed by atoms with Gasteiger partial charge in [-0.1, -0.05) is 23.8 Å². The largest absolute Gasteiger partial charge is 0.316 e. The molecule has 3 heteroatoms. The Balaban J connectivity index is 0.00000132. The summed E-state index contributed by atoms with van der Waals surface area (Å²) in [5.41, 5.74) is 4.88. The number of hydrogen-bond donors (Lipinski definition) is 1. The van der Waals surface area contributed by atoms with Crippen molar-refractivity contribution in [2.24, 2.45) is 11.8 Å². The Bertz CT molecular complexity index is 673. The Morgan fingerprint density at radius 2 is 2.14 bits per heavy atom. The summed E-state index contributed by atoms with van der Waals surface area (Å²) in [6.07, 6.45) is 5.57. The normalized spacial score (nSPS) is 24.4. The second-order valence-electron chi connectivity index (χ2n) is 6.27. The van der Waals surface area contributed by atoms with Crippen molar-refractivity contribution in [3.8, 4) is 0 Å². The second-order valence-corrected chi connectivity index (χ2v) is 7.19. The van der Waals surface area contributed by atoms with Crippen LogP contribution in [0.3, 0.4) is 0 Å². The number of halogens is 1. The minimum absolute atomic E-state index is 0. The summed E-state index contributed by atoms with van der Waals surface area (Å²) in [7, 11) is 2.08. The first kappa shape index (κ1) is 15.1. The van der Waals surface area contributed by atoms with Crippen molar-refractivity contribution in [3.63, 3.8) is 0 Å². The zero-order valence-corrected chi connectivity index (χ0v) is 14.0. The third-order valence-corrected chi connectivity index (χ3v) is 5.99. The van der Waals surface area contributed by atoms with Crippen LogP contribution in [0.5, 0.6) is 0 Å². The molecule has 1 nitrogen and oxygen atoms in total. The molecular formula is C18H22ClNS. The molecule has 2 aliphatic carbocycles. The van der Waals surface area contributed by atoms with Crippen molar-refractivity contribution in [1.29, 1.82) is 0 Å². The first-order valence-electron chi connectivity index (χ1n) is 7.70. The fourth-order valence-electron chi connectivity index (χ4n) is 4.27. The predicted octanol–water partition coefficient (Wildman–Crippen LogP) is 5.12. The van der Waals surface area contributed by atoms with Crippen molar-refractivity contribution in [2.45, 2.75) is 25.7 Å². The molecule has 1 aromatic carbocycles. The summed E-state index contributed by atoms with van der Waals surface area (Å²) >= 11 is 1.90. The number of benzene rings is 1. The Morgan fingerprint density at radius 3 is 3.00 bits per heavy atom. The van der Waals surface area contributed by atoms with E-state index < -0.39 is 0 Å². The summed E-state index contributed by atoms with van der Waals surface area (Å²) in [4.78, 5) is 0. The number of likely N-dealkylation sites (N-methyl/N-ethyl adjacent to an activating group) is 1. The van der Waals surface area contributed by atoms with Crippen LogP contribution in [-0.4, -0.2) is 13.6 Å². The smallest absolute Gasteiger partial charge is 0.0417 e. The molecule has 4 rings (SSSR count). The zero-order chi connectivity index (χ0) is 13.5. The predicted molar refractivity (Wildman–Crippen MR) is 95.4 cm³/mol. The van der Waals surface area contributed by atoms with Gasteiger partial charge in [0.25, 0.3) is 0 Å². The minimum atomic E-state index is 0. The van der Waals surface area contributed by atoms with Gasteiger partial charge in [0.2, 0.25) is 0 Å². The van der Waals surface area contributed by atoms with Gasteiger partial charge >= 0.3 is 0 Å². The van der Waals surface area contributed by atoms with Gasteiger partial charge in [0.05, 0.1) is 0 Å². The Labute approximate surface area is 136 Å². The SMILES string of the molecule is CNCC1=C(c2cccc3ccsc23)C2CCC(C1)C2.Cl. The lowest BCUT2D eigenvalue weighted by atomic mass is 9.79. The van der Waals surface area contributed by atoms with Crippen LogP contribution in [0.1, 0.15) is 31.2 Å². The fourth-order valence-corrected chi connectivity index (χ4v) is 5.19. The molecule has 2 bridgehead atoms. The Hall–Kier alpha value is -0.830. The van der Waals surface area contributed by atoms with Gasteiger partial charge in [0.1, 0.15) is 0 Å². The van der Waals surface area contributed by atoms with E-state index in [9.17, 15) is 0 Å². The van der Waals surface area contributed by atoms with Gasteiger partial charge in [0, 0.05) is 11.2 Å². The van der Waals surface area contributed by atoms with Crippen molar-refractivity contribution >= 4 is 39.4 Å². The standard InChI is InChI=1S/C18H21NS.ClH/c1-19-11-15-10-12-5-6-14(9-12)17(15)16-4-2-3-13-7-8-20-18(13)16;/h2-4,7-8,12,14,19H,5-6,9-11H2,1H3;1H. The summed E-state index contributed by atoms with van der Waals surface area (Å²) in [6, 6.07) is 9.08. The van der Waals surface area contributed by atoms with Crippen LogP contribution in [-0.2, 0) is 0 Å². The Morgan fingerprint density at radius 1 is 1.24 bits per heavy atom. The maximum Gasteiger partial charge on any atom is 0.0417 e. The zero-order valence-electron chi connectivity index (χ0n) is 12.4. The first-order chi connectivity index (χ1) is 9.86. The van der Waals surface area contributed by atoms with E-state index in [0.717, 1.165) is 18.4 Å². The van der Waals surface area contributed by atoms with Crippen LogP contribution < -0.4 is 5.32 Å². The van der Waals surface area contributed by atoms with Crippen LogP contribution in [0, 0.1) is 11.8 Å². The van der Waals surface area contributed by atoms with Crippen molar-refractivity contribution in [1.82, 2.24) is 5.32 Å². The average Bonchev–Trinajstić information content (AvgIpc) is 3.07. The highest BCUT2D eigenvalue weighted by atomic mass is 35.5. The lowest BCUT2D eigenvalue weighted by molar-refractivity contribution is 0.503. The molecular weight excluding hydrogens is 298 g/mol. The number of thiophene rings is 1. The summed E-state index contributed by atoms with van der Waals surface area (Å²) in [5, 5.41) is 7.03. The number of hydrogen-bond acceptors (Lipinski definition) is 2. The Kier molecular flexibility index (Phi) is 4.39. The van der Waals surface area contributed by atoms with Crippen LogP contribution in [0.25, 0.3) is 15.7 Å². The van der Waals surface area contributed by atoms with Crippen LogP contribution in [0.4, 0.5) is 0 Å². The number of allylic oxidation sites excluding steroid dienone is 1. The van der Waals surface area contributed by atoms with Crippen LogP contribution in [0.15, 0.2) is 35.2 Å². The highest BCUT2D eigenvalue weighted by molar-refractivity contribution is 7.17. The minimum Gasteiger partial charge on any atom is -0.316 e. The number of nitrogens with one attached hydrogen (secondary N) is 1. The molecule has 1 fully saturated rings.